The first-order valence-electron chi connectivity index (χ1n) is 10.4. The van der Waals surface area contributed by atoms with Crippen LogP contribution < -0.4 is 15.2 Å². The van der Waals surface area contributed by atoms with E-state index in [1.807, 2.05) is 24.3 Å². The lowest BCUT2D eigenvalue weighted by atomic mass is 10.1. The highest BCUT2D eigenvalue weighted by molar-refractivity contribution is 6.09. The highest BCUT2D eigenvalue weighted by Crippen LogP contribution is 2.36. The number of ether oxygens (including phenoxy) is 3. The molecule has 0 fully saturated rings. The molecule has 0 saturated carbocycles. The van der Waals surface area contributed by atoms with Gasteiger partial charge in [-0.05, 0) is 36.6 Å². The average Bonchev–Trinajstić information content (AvgIpc) is 3.07. The van der Waals surface area contributed by atoms with Crippen LogP contribution in [0.2, 0.25) is 0 Å². The molecule has 0 unspecified atom stereocenters. The third kappa shape index (κ3) is 3.79. The van der Waals surface area contributed by atoms with Crippen molar-refractivity contribution in [2.75, 3.05) is 26.6 Å². The molecule has 4 aromatic rings. The molecule has 8 nitrogen and oxygen atoms in total. The molecule has 8 heteroatoms. The normalized spacial score (nSPS) is 11.3. The van der Waals surface area contributed by atoms with E-state index < -0.39 is 5.97 Å². The molecule has 0 bridgehead atoms. The largest absolute Gasteiger partial charge is 0.497 e. The Bertz CT molecular complexity index is 1300. The second-order valence-corrected chi connectivity index (χ2v) is 7.84. The highest BCUT2D eigenvalue weighted by Gasteiger charge is 2.27. The van der Waals surface area contributed by atoms with Gasteiger partial charge in [0.25, 0.3) is 0 Å². The Balaban J connectivity index is 1.96. The van der Waals surface area contributed by atoms with E-state index in [1.165, 1.54) is 0 Å². The highest BCUT2D eigenvalue weighted by atomic mass is 16.5. The van der Waals surface area contributed by atoms with Crippen molar-refractivity contribution in [2.45, 2.75) is 20.3 Å². The Morgan fingerprint density at radius 3 is 2.44 bits per heavy atom. The first-order valence-corrected chi connectivity index (χ1v) is 10.4. The Kier molecular flexibility index (Phi) is 5.85. The van der Waals surface area contributed by atoms with E-state index in [0.29, 0.717) is 51.9 Å². The topological polar surface area (TPSA) is 101 Å². The molecule has 0 spiro atoms. The van der Waals surface area contributed by atoms with Crippen LogP contribution >= 0.6 is 0 Å². The molecular weight excluding hydrogens is 408 g/mol. The zero-order valence-electron chi connectivity index (χ0n) is 18.6. The minimum absolute atomic E-state index is 0.188. The van der Waals surface area contributed by atoms with E-state index >= 15 is 0 Å². The van der Waals surface area contributed by atoms with Gasteiger partial charge in [-0.1, -0.05) is 26.0 Å². The second kappa shape index (κ2) is 8.74. The predicted molar refractivity (Wildman–Crippen MR) is 124 cm³/mol. The van der Waals surface area contributed by atoms with Gasteiger partial charge in [0.15, 0.2) is 5.65 Å². The number of nitrogens with zero attached hydrogens (tertiary/aromatic N) is 3. The second-order valence-electron chi connectivity index (χ2n) is 7.84. The van der Waals surface area contributed by atoms with Gasteiger partial charge in [0.2, 0.25) is 0 Å². The van der Waals surface area contributed by atoms with Crippen LogP contribution in [-0.2, 0) is 4.74 Å². The van der Waals surface area contributed by atoms with Crippen molar-refractivity contribution in [1.29, 1.82) is 0 Å². The fourth-order valence-corrected chi connectivity index (χ4v) is 3.54. The summed E-state index contributed by atoms with van der Waals surface area (Å²) in [4.78, 5) is 22.5. The molecule has 0 aliphatic carbocycles. The molecule has 4 rings (SSSR count). The number of nitrogens with two attached hydrogens (primary N) is 1. The minimum atomic E-state index is -0.524. The maximum Gasteiger partial charge on any atom is 0.344 e. The van der Waals surface area contributed by atoms with E-state index in [1.54, 1.807) is 37.0 Å². The van der Waals surface area contributed by atoms with Crippen LogP contribution in [0.4, 0.5) is 5.82 Å². The summed E-state index contributed by atoms with van der Waals surface area (Å²) in [6.45, 7) is 4.44. The van der Waals surface area contributed by atoms with Crippen molar-refractivity contribution >= 4 is 34.0 Å². The molecule has 0 aliphatic heterocycles. The zero-order chi connectivity index (χ0) is 22.8. The van der Waals surface area contributed by atoms with Gasteiger partial charge < -0.3 is 19.9 Å². The van der Waals surface area contributed by atoms with Crippen LogP contribution in [0.15, 0.2) is 42.5 Å². The standard InChI is InChI=1S/C24H26N4O4/c1-14(2)11-12-32-24(29)20-21-23(27-17-8-6-5-7-16(17)26-21)28(22(20)25)18-10-9-15(30-3)13-19(18)31-4/h5-10,13-14H,11-12,25H2,1-4H3. The van der Waals surface area contributed by atoms with Gasteiger partial charge in [0.05, 0.1) is 37.5 Å². The maximum absolute atomic E-state index is 13.1. The van der Waals surface area contributed by atoms with Crippen molar-refractivity contribution in [1.82, 2.24) is 14.5 Å². The number of hydrogen-bond donors (Lipinski definition) is 1. The Morgan fingerprint density at radius 1 is 1.06 bits per heavy atom. The molecule has 0 atom stereocenters. The molecule has 0 aliphatic rings. The lowest BCUT2D eigenvalue weighted by Gasteiger charge is -2.13. The summed E-state index contributed by atoms with van der Waals surface area (Å²) in [6, 6.07) is 12.8. The summed E-state index contributed by atoms with van der Waals surface area (Å²) < 4.78 is 18.1. The number of carbonyl (C=O) groups excluding carboxylic acids is 1. The SMILES string of the molecule is COc1ccc(-n2c(N)c(C(=O)OCCC(C)C)c3nc4ccccc4nc32)c(OC)c1. The molecule has 2 N–H and O–H groups in total. The summed E-state index contributed by atoms with van der Waals surface area (Å²) in [7, 11) is 3.14. The predicted octanol–water partition coefficient (Wildman–Crippen LogP) is 4.38. The molecule has 2 heterocycles. The first kappa shape index (κ1) is 21.4. The van der Waals surface area contributed by atoms with Crippen molar-refractivity contribution in [2.24, 2.45) is 5.92 Å². The Labute approximate surface area is 185 Å². The monoisotopic (exact) mass is 434 g/mol. The van der Waals surface area contributed by atoms with Gasteiger partial charge in [0.1, 0.15) is 28.4 Å². The van der Waals surface area contributed by atoms with E-state index in [0.717, 1.165) is 6.42 Å². The van der Waals surface area contributed by atoms with Crippen molar-refractivity contribution in [3.05, 3.63) is 48.0 Å². The number of benzene rings is 2. The molecule has 0 saturated heterocycles. The van der Waals surface area contributed by atoms with Gasteiger partial charge in [-0.15, -0.1) is 0 Å². The molecule has 32 heavy (non-hydrogen) atoms. The number of aromatic nitrogens is 3. The van der Waals surface area contributed by atoms with Gasteiger partial charge >= 0.3 is 5.97 Å². The minimum Gasteiger partial charge on any atom is -0.497 e. The Morgan fingerprint density at radius 2 is 1.78 bits per heavy atom. The summed E-state index contributed by atoms with van der Waals surface area (Å²) >= 11 is 0. The quantitative estimate of drug-likeness (QED) is 0.431. The van der Waals surface area contributed by atoms with E-state index in [-0.39, 0.29) is 11.4 Å². The van der Waals surface area contributed by atoms with Crippen LogP contribution in [0.25, 0.3) is 27.9 Å². The fraction of sp³-hybridized carbons (Fsp3) is 0.292. The fourth-order valence-electron chi connectivity index (χ4n) is 3.54. The van der Waals surface area contributed by atoms with Gasteiger partial charge in [-0.2, -0.15) is 0 Å². The number of rotatable bonds is 7. The Hall–Kier alpha value is -3.81. The number of fused-ring (bicyclic) bond motifs is 2. The van der Waals surface area contributed by atoms with Gasteiger partial charge in [0, 0.05) is 6.07 Å². The molecule has 0 amide bonds. The summed E-state index contributed by atoms with van der Waals surface area (Å²) in [5.41, 5.74) is 9.52. The molecule has 2 aromatic carbocycles. The lowest BCUT2D eigenvalue weighted by Crippen LogP contribution is -2.11. The number of anilines is 1. The number of esters is 1. The number of nitrogen functional groups attached to an aromatic ring is 1. The number of methoxy groups -OCH3 is 2. The third-order valence-corrected chi connectivity index (χ3v) is 5.26. The summed E-state index contributed by atoms with van der Waals surface area (Å²) in [5, 5.41) is 0. The van der Waals surface area contributed by atoms with E-state index in [2.05, 4.69) is 13.8 Å². The molecular formula is C24H26N4O4. The lowest BCUT2D eigenvalue weighted by molar-refractivity contribution is 0.0491. The number of para-hydroxylation sites is 2. The van der Waals surface area contributed by atoms with Crippen LogP contribution in [0.3, 0.4) is 0 Å². The van der Waals surface area contributed by atoms with Crippen molar-refractivity contribution in [3.8, 4) is 17.2 Å². The van der Waals surface area contributed by atoms with E-state index in [9.17, 15) is 4.79 Å². The molecule has 166 valence electrons. The van der Waals surface area contributed by atoms with Gasteiger partial charge in [-0.25, -0.2) is 14.8 Å². The maximum atomic E-state index is 13.1. The van der Waals surface area contributed by atoms with Crippen LogP contribution in [-0.4, -0.2) is 41.3 Å². The molecule has 2 aromatic heterocycles. The van der Waals surface area contributed by atoms with Crippen LogP contribution in [0, 0.1) is 5.92 Å². The van der Waals surface area contributed by atoms with Crippen molar-refractivity contribution < 1.29 is 19.0 Å². The van der Waals surface area contributed by atoms with Crippen LogP contribution in [0.5, 0.6) is 11.5 Å². The van der Waals surface area contributed by atoms with Crippen LogP contribution in [0.1, 0.15) is 30.6 Å². The smallest absolute Gasteiger partial charge is 0.344 e. The number of carbonyl (C=O) groups is 1. The van der Waals surface area contributed by atoms with Crippen molar-refractivity contribution in [3.63, 3.8) is 0 Å². The van der Waals surface area contributed by atoms with Gasteiger partial charge in [-0.3, -0.25) is 4.57 Å². The third-order valence-electron chi connectivity index (χ3n) is 5.26. The summed E-state index contributed by atoms with van der Waals surface area (Å²) in [6.07, 6.45) is 0.755. The molecule has 0 radical (unpaired) electrons. The van der Waals surface area contributed by atoms with E-state index in [4.69, 9.17) is 29.9 Å². The summed E-state index contributed by atoms with van der Waals surface area (Å²) in [5.74, 6) is 1.22. The first-order chi connectivity index (χ1) is 15.4. The zero-order valence-corrected chi connectivity index (χ0v) is 18.6. The number of hydrogen-bond acceptors (Lipinski definition) is 7. The average molecular weight is 434 g/mol.